The largest absolute Gasteiger partial charge is 0.368 e. The van der Waals surface area contributed by atoms with Gasteiger partial charge in [0.2, 0.25) is 35.4 Å². The number of nitrogens with zero attached hydrogens (tertiary/aromatic N) is 7. The van der Waals surface area contributed by atoms with E-state index in [1.54, 1.807) is 45.0 Å². The van der Waals surface area contributed by atoms with E-state index in [9.17, 15) is 19.2 Å². The molecule has 14 nitrogen and oxygen atoms in total. The van der Waals surface area contributed by atoms with Crippen LogP contribution < -0.4 is 10.6 Å². The molecule has 14 heteroatoms. The number of nitrogens with two attached hydrogens (primary N) is 1. The average Bonchev–Trinajstić information content (AvgIpc) is 3.39. The van der Waals surface area contributed by atoms with Crippen LogP contribution in [-0.4, -0.2) is 87.8 Å². The van der Waals surface area contributed by atoms with E-state index in [1.165, 1.54) is 31.4 Å². The fourth-order valence-corrected chi connectivity index (χ4v) is 8.21. The molecule has 6 aromatic carbocycles. The molecule has 6 amide bonds. The van der Waals surface area contributed by atoms with Crippen LogP contribution in [0.5, 0.6) is 0 Å². The van der Waals surface area contributed by atoms with Crippen molar-refractivity contribution in [2.75, 3.05) is 37.6 Å². The number of amides is 6. The van der Waals surface area contributed by atoms with Crippen LogP contribution in [0.4, 0.5) is 17.1 Å². The van der Waals surface area contributed by atoms with E-state index in [2.05, 4.69) is 10.2 Å². The average molecular weight is 941 g/mol. The Bertz CT molecular complexity index is 2710. The third-order valence-electron chi connectivity index (χ3n) is 12.4. The number of carbonyl (C=O) groups is 6. The molecule has 0 aliphatic heterocycles. The molecule has 0 heterocycles. The maximum atomic E-state index is 15.1. The number of hydrogen-bond donors (Lipinski definition) is 1. The second kappa shape index (κ2) is 24.7. The number of carbonyl (C=O) groups excluding carboxylic acids is 6. The monoisotopic (exact) mass is 940 g/mol. The summed E-state index contributed by atoms with van der Waals surface area (Å²) in [5.74, 6) is -3.24. The van der Waals surface area contributed by atoms with Crippen molar-refractivity contribution in [3.05, 3.63) is 198 Å². The van der Waals surface area contributed by atoms with Gasteiger partial charge in [-0.3, -0.25) is 28.8 Å². The van der Waals surface area contributed by atoms with Crippen LogP contribution in [0.2, 0.25) is 0 Å². The van der Waals surface area contributed by atoms with Crippen LogP contribution in [-0.2, 0) is 28.8 Å². The van der Waals surface area contributed by atoms with Gasteiger partial charge in [-0.1, -0.05) is 140 Å². The Labute approximate surface area is 410 Å². The third-order valence-corrected chi connectivity index (χ3v) is 12.4. The zero-order valence-electron chi connectivity index (χ0n) is 40.2. The van der Waals surface area contributed by atoms with Gasteiger partial charge >= 0.3 is 0 Å². The van der Waals surface area contributed by atoms with E-state index in [1.807, 2.05) is 159 Å². The van der Waals surface area contributed by atoms with Gasteiger partial charge in [0.15, 0.2) is 0 Å². The molecule has 0 radical (unpaired) electrons. The molecule has 6 rings (SSSR count). The molecule has 0 bridgehead atoms. The van der Waals surface area contributed by atoms with E-state index in [-0.39, 0.29) is 6.54 Å². The van der Waals surface area contributed by atoms with Gasteiger partial charge in [-0.25, -0.2) is 0 Å². The van der Waals surface area contributed by atoms with Crippen LogP contribution in [0.25, 0.3) is 0 Å². The summed E-state index contributed by atoms with van der Waals surface area (Å²) < 4.78 is 0. The summed E-state index contributed by atoms with van der Waals surface area (Å²) in [5, 5.41) is 8.57. The first-order chi connectivity index (χ1) is 33.7. The molecule has 0 aliphatic carbocycles. The predicted molar refractivity (Wildman–Crippen MR) is 271 cm³/mol. The predicted octanol–water partition coefficient (Wildman–Crippen LogP) is 9.30. The van der Waals surface area contributed by atoms with Gasteiger partial charge in [0, 0.05) is 12.6 Å². The van der Waals surface area contributed by atoms with E-state index in [0.29, 0.717) is 17.1 Å². The summed E-state index contributed by atoms with van der Waals surface area (Å²) in [6.07, 6.45) is 0. The Morgan fingerprint density at radius 1 is 0.386 bits per heavy atom. The third kappa shape index (κ3) is 13.7. The molecule has 0 aliphatic rings. The Balaban J connectivity index is 1.32. The van der Waals surface area contributed by atoms with Crippen molar-refractivity contribution in [2.24, 2.45) is 16.0 Å². The van der Waals surface area contributed by atoms with Gasteiger partial charge in [-0.15, -0.1) is 0 Å². The van der Waals surface area contributed by atoms with Gasteiger partial charge in [0.05, 0.1) is 42.1 Å². The zero-order chi connectivity index (χ0) is 50.2. The first-order valence-corrected chi connectivity index (χ1v) is 23.2. The molecule has 70 heavy (non-hydrogen) atoms. The maximum Gasteiger partial charge on any atom is 0.243 e. The second-order valence-corrected chi connectivity index (χ2v) is 17.1. The molecular formula is C56H60N8O6. The number of hydrogen-bond acceptors (Lipinski definition) is 8. The standard InChI is InChI=1S/C56H60N8O6/c1-40(45-21-11-6-12-22-45)60(35-52(57)66)53(67)36-61(41(2)46-23-13-7-14-24-46)54(68)37-62(42(3)47-25-15-8-16-26-47)55(69)38-63(43(4)48-27-17-9-18-28-48)56(70)39-64(44(5)65)51-33-31-50(32-34-51)59-58-49-29-19-10-20-30-49/h6-34,40-43H,35-39H2,1-5H3,(H2,57,66)/t40-,41-,42-,43-/m0/s1. The lowest BCUT2D eigenvalue weighted by Gasteiger charge is -2.38. The molecule has 0 spiro atoms. The van der Waals surface area contributed by atoms with Gasteiger partial charge in [0.1, 0.15) is 26.2 Å². The topological polar surface area (TPSA) is 169 Å². The summed E-state index contributed by atoms with van der Waals surface area (Å²) in [6, 6.07) is 50.4. The van der Waals surface area contributed by atoms with Gasteiger partial charge in [-0.2, -0.15) is 10.2 Å². The number of azo groups is 1. The van der Waals surface area contributed by atoms with Crippen molar-refractivity contribution >= 4 is 52.5 Å². The zero-order valence-corrected chi connectivity index (χ0v) is 40.2. The fourth-order valence-electron chi connectivity index (χ4n) is 8.21. The molecule has 360 valence electrons. The molecule has 0 aromatic heterocycles. The van der Waals surface area contributed by atoms with Gasteiger partial charge in [-0.05, 0) is 86.3 Å². The molecule has 0 fully saturated rings. The van der Waals surface area contributed by atoms with Crippen molar-refractivity contribution < 1.29 is 28.8 Å². The molecular weight excluding hydrogens is 881 g/mol. The highest BCUT2D eigenvalue weighted by atomic mass is 16.2. The smallest absolute Gasteiger partial charge is 0.243 e. The van der Waals surface area contributed by atoms with Crippen LogP contribution >= 0.6 is 0 Å². The van der Waals surface area contributed by atoms with Crippen molar-refractivity contribution in [3.8, 4) is 0 Å². The lowest BCUT2D eigenvalue weighted by atomic mass is 10.0. The van der Waals surface area contributed by atoms with Crippen LogP contribution in [0.15, 0.2) is 186 Å². The summed E-state index contributed by atoms with van der Waals surface area (Å²) in [6.45, 7) is 6.42. The number of anilines is 1. The highest BCUT2D eigenvalue weighted by Crippen LogP contribution is 2.29. The maximum absolute atomic E-state index is 15.1. The minimum Gasteiger partial charge on any atom is -0.368 e. The Morgan fingerprint density at radius 2 is 0.657 bits per heavy atom. The number of rotatable bonds is 21. The highest BCUT2D eigenvalue weighted by molar-refractivity contribution is 5.99. The quantitative estimate of drug-likeness (QED) is 0.0706. The SMILES string of the molecule is CC(=O)N(CC(=O)N(CC(=O)N(CC(=O)N(CC(=O)N(CC(N)=O)[C@@H](C)c1ccccc1)[C@@H](C)c1ccccc1)[C@@H](C)c1ccccc1)[C@@H](C)c1ccccc1)c1ccc(N=Nc2ccccc2)cc1. The summed E-state index contributed by atoms with van der Waals surface area (Å²) in [5.41, 5.74) is 10.3. The first-order valence-electron chi connectivity index (χ1n) is 23.2. The normalized spacial score (nSPS) is 12.8. The Morgan fingerprint density at radius 3 is 0.957 bits per heavy atom. The van der Waals surface area contributed by atoms with Gasteiger partial charge < -0.3 is 30.2 Å². The summed E-state index contributed by atoms with van der Waals surface area (Å²) >= 11 is 0. The first kappa shape index (κ1) is 51.1. The summed E-state index contributed by atoms with van der Waals surface area (Å²) in [7, 11) is 0. The highest BCUT2D eigenvalue weighted by Gasteiger charge is 2.35. The van der Waals surface area contributed by atoms with E-state index in [4.69, 9.17) is 5.73 Å². The van der Waals surface area contributed by atoms with E-state index < -0.39 is 85.8 Å². The number of benzene rings is 6. The molecule has 0 saturated heterocycles. The molecule has 2 N–H and O–H groups in total. The molecule has 4 atom stereocenters. The minimum atomic E-state index is -0.714. The number of primary amides is 1. The molecule has 0 saturated carbocycles. The molecule has 6 aromatic rings. The van der Waals surface area contributed by atoms with Crippen LogP contribution in [0, 0.1) is 0 Å². The van der Waals surface area contributed by atoms with E-state index in [0.717, 1.165) is 22.3 Å². The minimum absolute atomic E-state index is 0.386. The van der Waals surface area contributed by atoms with E-state index >= 15 is 9.59 Å². The Hall–Kier alpha value is -8.26. The van der Waals surface area contributed by atoms with Crippen LogP contribution in [0.3, 0.4) is 0 Å². The second-order valence-electron chi connectivity index (χ2n) is 17.1. The lowest BCUT2D eigenvalue weighted by molar-refractivity contribution is -0.150. The Kier molecular flexibility index (Phi) is 18.0. The van der Waals surface area contributed by atoms with Crippen molar-refractivity contribution in [1.29, 1.82) is 0 Å². The summed E-state index contributed by atoms with van der Waals surface area (Å²) in [4.78, 5) is 92.0. The van der Waals surface area contributed by atoms with Gasteiger partial charge in [0.25, 0.3) is 0 Å². The fraction of sp³-hybridized carbons (Fsp3) is 0.250. The lowest BCUT2D eigenvalue weighted by Crippen LogP contribution is -2.52. The van der Waals surface area contributed by atoms with Crippen molar-refractivity contribution in [2.45, 2.75) is 58.8 Å². The molecule has 0 unspecified atom stereocenters. The van der Waals surface area contributed by atoms with Crippen LogP contribution in [0.1, 0.15) is 81.0 Å². The van der Waals surface area contributed by atoms with Crippen molar-refractivity contribution in [1.82, 2.24) is 19.6 Å². The van der Waals surface area contributed by atoms with Crippen molar-refractivity contribution in [3.63, 3.8) is 0 Å².